The smallest absolute Gasteiger partial charge is 0.462 e. The fourth-order valence-electron chi connectivity index (χ4n) is 7.66. The molecule has 0 aromatic carbocycles. The lowest BCUT2D eigenvalue weighted by molar-refractivity contribution is -0.870. The molecule has 0 saturated carbocycles. The van der Waals surface area contributed by atoms with Gasteiger partial charge in [-0.15, -0.1) is 0 Å². The Hall–Kier alpha value is -4.89. The van der Waals surface area contributed by atoms with Crippen LogP contribution in [0, 0.1) is 0 Å². The van der Waals surface area contributed by atoms with Gasteiger partial charge in [-0.3, -0.25) is 18.6 Å². The molecular formula is C72H115NO8P+. The van der Waals surface area contributed by atoms with Crippen molar-refractivity contribution in [2.24, 2.45) is 0 Å². The van der Waals surface area contributed by atoms with Crippen LogP contribution in [0.15, 0.2) is 182 Å². The summed E-state index contributed by atoms with van der Waals surface area (Å²) in [6, 6.07) is 0. The van der Waals surface area contributed by atoms with Crippen LogP contribution in [0.3, 0.4) is 0 Å². The van der Waals surface area contributed by atoms with Gasteiger partial charge in [0.05, 0.1) is 27.7 Å². The molecule has 0 spiro atoms. The number of phosphoric ester groups is 1. The van der Waals surface area contributed by atoms with Crippen LogP contribution in [0.1, 0.15) is 206 Å². The number of carbonyl (C=O) groups is 2. The molecule has 0 heterocycles. The number of phosphoric acid groups is 1. The maximum absolute atomic E-state index is 12.8. The number of nitrogens with zero attached hydrogens (tertiary/aromatic N) is 1. The molecule has 2 unspecified atom stereocenters. The number of unbranched alkanes of at least 4 members (excludes halogenated alkanes) is 11. The molecule has 0 saturated heterocycles. The SMILES string of the molecule is CC/C=C\C/C=C\C/C=C\C/C=C\C/C=C\C/C=C\C/C=C\C/C=C\C/C=C\C/C=C\C/C=C\CCCCCC(=O)OC(COC(=O)CCCCCCCCCC/C=C\C/C=C\C/C=C\C/C=C\CC)COP(=O)(O)OCC[N+](C)(C)C. The zero-order valence-electron chi connectivity index (χ0n) is 52.1. The minimum Gasteiger partial charge on any atom is -0.462 e. The van der Waals surface area contributed by atoms with Crippen molar-refractivity contribution in [3.05, 3.63) is 182 Å². The Morgan fingerprint density at radius 2 is 0.659 bits per heavy atom. The summed E-state index contributed by atoms with van der Waals surface area (Å²) in [5.41, 5.74) is 0. The van der Waals surface area contributed by atoms with Crippen LogP contribution in [0.2, 0.25) is 0 Å². The summed E-state index contributed by atoms with van der Waals surface area (Å²) in [5, 5.41) is 0. The molecule has 10 heteroatoms. The number of esters is 2. The molecule has 82 heavy (non-hydrogen) atoms. The van der Waals surface area contributed by atoms with Crippen molar-refractivity contribution in [2.45, 2.75) is 213 Å². The van der Waals surface area contributed by atoms with Gasteiger partial charge in [0.2, 0.25) is 0 Å². The van der Waals surface area contributed by atoms with E-state index in [0.717, 1.165) is 141 Å². The fraction of sp³-hybridized carbons (Fsp3) is 0.556. The molecule has 0 aromatic heterocycles. The lowest BCUT2D eigenvalue weighted by atomic mass is 10.1. The zero-order valence-corrected chi connectivity index (χ0v) is 53.0. The number of rotatable bonds is 55. The molecule has 0 aliphatic carbocycles. The highest BCUT2D eigenvalue weighted by Gasteiger charge is 2.27. The van der Waals surface area contributed by atoms with E-state index in [4.69, 9.17) is 18.5 Å². The Morgan fingerprint density at radius 1 is 0.378 bits per heavy atom. The lowest BCUT2D eigenvalue weighted by Gasteiger charge is -2.24. The van der Waals surface area contributed by atoms with Crippen LogP contribution in [0.25, 0.3) is 0 Å². The van der Waals surface area contributed by atoms with Gasteiger partial charge in [-0.25, -0.2) is 4.57 Å². The van der Waals surface area contributed by atoms with Crippen molar-refractivity contribution in [1.29, 1.82) is 0 Å². The van der Waals surface area contributed by atoms with Crippen molar-refractivity contribution in [1.82, 2.24) is 0 Å². The molecule has 0 rings (SSSR count). The second kappa shape index (κ2) is 60.7. The molecule has 0 aromatic rings. The third-order valence-electron chi connectivity index (χ3n) is 12.4. The monoisotopic (exact) mass is 1150 g/mol. The first kappa shape index (κ1) is 77.1. The largest absolute Gasteiger partial charge is 0.472 e. The highest BCUT2D eigenvalue weighted by Crippen LogP contribution is 2.43. The Bertz CT molecular complexity index is 2030. The Labute approximate surface area is 501 Å². The first-order valence-electron chi connectivity index (χ1n) is 31.5. The van der Waals surface area contributed by atoms with Gasteiger partial charge in [-0.1, -0.05) is 241 Å². The van der Waals surface area contributed by atoms with Gasteiger partial charge < -0.3 is 18.9 Å². The number of quaternary nitrogens is 1. The molecule has 460 valence electrons. The number of carbonyl (C=O) groups excluding carboxylic acids is 2. The van der Waals surface area contributed by atoms with E-state index < -0.39 is 32.5 Å². The maximum atomic E-state index is 12.8. The van der Waals surface area contributed by atoms with Crippen LogP contribution in [0.5, 0.6) is 0 Å². The van der Waals surface area contributed by atoms with Crippen LogP contribution in [0.4, 0.5) is 0 Å². The second-order valence-corrected chi connectivity index (χ2v) is 22.8. The summed E-state index contributed by atoms with van der Waals surface area (Å²) in [5.74, 6) is -0.861. The molecule has 2 atom stereocenters. The van der Waals surface area contributed by atoms with Crippen molar-refractivity contribution in [3.63, 3.8) is 0 Å². The molecule has 0 fully saturated rings. The molecule has 0 aliphatic heterocycles. The Morgan fingerprint density at radius 3 is 0.988 bits per heavy atom. The van der Waals surface area contributed by atoms with Crippen molar-refractivity contribution in [3.8, 4) is 0 Å². The number of likely N-dealkylation sites (N-methyl/N-ethyl adjacent to an activating group) is 1. The first-order chi connectivity index (χ1) is 40.0. The minimum atomic E-state index is -4.41. The molecule has 1 N–H and O–H groups in total. The molecular weight excluding hydrogens is 1040 g/mol. The van der Waals surface area contributed by atoms with Gasteiger partial charge in [0.25, 0.3) is 0 Å². The zero-order chi connectivity index (χ0) is 59.8. The van der Waals surface area contributed by atoms with Gasteiger partial charge in [0.1, 0.15) is 19.8 Å². The summed E-state index contributed by atoms with van der Waals surface area (Å²) < 4.78 is 34.5. The van der Waals surface area contributed by atoms with E-state index in [2.05, 4.69) is 196 Å². The van der Waals surface area contributed by atoms with E-state index in [1.54, 1.807) is 0 Å². The summed E-state index contributed by atoms with van der Waals surface area (Å²) >= 11 is 0. The summed E-state index contributed by atoms with van der Waals surface area (Å²) in [7, 11) is 1.42. The van der Waals surface area contributed by atoms with E-state index in [1.807, 2.05) is 21.1 Å². The number of hydrogen-bond donors (Lipinski definition) is 1. The van der Waals surface area contributed by atoms with Gasteiger partial charge in [-0.2, -0.15) is 0 Å². The highest BCUT2D eigenvalue weighted by atomic mass is 31.2. The van der Waals surface area contributed by atoms with Crippen molar-refractivity contribution in [2.75, 3.05) is 47.5 Å². The average molecular weight is 1150 g/mol. The van der Waals surface area contributed by atoms with Crippen LogP contribution < -0.4 is 0 Å². The van der Waals surface area contributed by atoms with E-state index in [0.29, 0.717) is 23.9 Å². The summed E-state index contributed by atoms with van der Waals surface area (Å²) in [6.07, 6.45) is 94.0. The summed E-state index contributed by atoms with van der Waals surface area (Å²) in [4.78, 5) is 35.7. The number of allylic oxidation sites excluding steroid dienone is 30. The molecule has 9 nitrogen and oxygen atoms in total. The van der Waals surface area contributed by atoms with Gasteiger partial charge >= 0.3 is 19.8 Å². The second-order valence-electron chi connectivity index (χ2n) is 21.3. The van der Waals surface area contributed by atoms with Crippen LogP contribution >= 0.6 is 7.82 Å². The number of hydrogen-bond acceptors (Lipinski definition) is 7. The lowest BCUT2D eigenvalue weighted by Crippen LogP contribution is -2.37. The van der Waals surface area contributed by atoms with Crippen molar-refractivity contribution >= 4 is 19.8 Å². The number of ether oxygens (including phenoxy) is 2. The first-order valence-corrected chi connectivity index (χ1v) is 33.0. The summed E-state index contributed by atoms with van der Waals surface area (Å²) in [6.45, 7) is 4.13. The minimum absolute atomic E-state index is 0.0126. The van der Waals surface area contributed by atoms with E-state index in [-0.39, 0.29) is 26.1 Å². The highest BCUT2D eigenvalue weighted by molar-refractivity contribution is 7.47. The quantitative estimate of drug-likeness (QED) is 0.0211. The molecule has 0 amide bonds. The topological polar surface area (TPSA) is 108 Å². The predicted octanol–water partition coefficient (Wildman–Crippen LogP) is 20.4. The normalized spacial score (nSPS) is 14.5. The molecule has 0 radical (unpaired) electrons. The average Bonchev–Trinajstić information content (AvgIpc) is 3.46. The van der Waals surface area contributed by atoms with Crippen LogP contribution in [-0.4, -0.2) is 74.9 Å². The van der Waals surface area contributed by atoms with Gasteiger partial charge in [0, 0.05) is 12.8 Å². The van der Waals surface area contributed by atoms with Gasteiger partial charge in [0.15, 0.2) is 6.10 Å². The van der Waals surface area contributed by atoms with E-state index >= 15 is 0 Å². The Kier molecular flexibility index (Phi) is 57.1. The third kappa shape index (κ3) is 64.3. The van der Waals surface area contributed by atoms with E-state index in [9.17, 15) is 19.0 Å². The third-order valence-corrected chi connectivity index (χ3v) is 13.4. The van der Waals surface area contributed by atoms with Gasteiger partial charge in [-0.05, 0) is 135 Å². The Balaban J connectivity index is 4.27. The fourth-order valence-corrected chi connectivity index (χ4v) is 8.40. The van der Waals surface area contributed by atoms with E-state index in [1.165, 1.54) is 25.7 Å². The molecule has 0 aliphatic rings. The van der Waals surface area contributed by atoms with Crippen LogP contribution in [-0.2, 0) is 32.7 Å². The molecule has 0 bridgehead atoms. The van der Waals surface area contributed by atoms with Crippen molar-refractivity contribution < 1.29 is 42.1 Å². The predicted molar refractivity (Wildman–Crippen MR) is 352 cm³/mol. The maximum Gasteiger partial charge on any atom is 0.472 e. The standard InChI is InChI=1S/C72H114NO8P/c1-6-8-10-12-14-16-18-20-22-24-26-28-29-30-31-32-33-34-35-36-37-38-39-40-41-42-43-45-47-49-51-53-55-57-59-61-63-65-72(75)81-70(69-80-82(76,77)79-67-66-73(3,4)5)68-78-71(74)64-62-60-58-56-54-52-50-48-46-44-27-25-23-21-19-17-15-13-11-9-7-2/h8-11,14-17,20-23,26-28,30-31,33-34,36-37,39-40,42-44,47,49,53,55,70H,6-7,12-13,18-19,24-25,29,32,35,38,41,45-46,48,50-52,54,56-69H2,1-5H3/p+1/b10-8-,11-9-,16-14-,17-15-,22-20-,23-21-,28-26-,31-30-,34-33-,37-36-,40-39-,43-42-,44-27-,49-47-,55-53-.